The first-order valence-electron chi connectivity index (χ1n) is 8.43. The van der Waals surface area contributed by atoms with Gasteiger partial charge < -0.3 is 15.0 Å². The number of nitrogens with one attached hydrogen (secondary N) is 1. The molecule has 6 nitrogen and oxygen atoms in total. The van der Waals surface area contributed by atoms with Crippen molar-refractivity contribution in [2.45, 2.75) is 46.1 Å². The summed E-state index contributed by atoms with van der Waals surface area (Å²) in [5.74, 6) is 0.116. The van der Waals surface area contributed by atoms with E-state index in [2.05, 4.69) is 10.3 Å². The number of piperidine rings is 1. The summed E-state index contributed by atoms with van der Waals surface area (Å²) in [7, 11) is 0. The van der Waals surface area contributed by atoms with Gasteiger partial charge in [-0.3, -0.25) is 9.78 Å². The fourth-order valence-corrected chi connectivity index (χ4v) is 2.67. The van der Waals surface area contributed by atoms with Crippen LogP contribution in [0.15, 0.2) is 18.3 Å². The standard InChI is InChI=1S/C18H27N3O3/c1-13-7-8-15(11-19-13)16(22)20-10-14-6-5-9-21(12-14)17(23)24-18(2,3)4/h7-8,11,14H,5-6,9-10,12H2,1-4H3,(H,20,22). The Morgan fingerprint density at radius 2 is 2.12 bits per heavy atom. The van der Waals surface area contributed by atoms with E-state index in [4.69, 9.17) is 4.74 Å². The van der Waals surface area contributed by atoms with Gasteiger partial charge in [-0.25, -0.2) is 4.79 Å². The van der Waals surface area contributed by atoms with E-state index in [-0.39, 0.29) is 17.9 Å². The predicted octanol–water partition coefficient (Wildman–Crippen LogP) is 2.77. The number of pyridine rings is 1. The van der Waals surface area contributed by atoms with Gasteiger partial charge in [-0.1, -0.05) is 0 Å². The van der Waals surface area contributed by atoms with Gasteiger partial charge in [0.2, 0.25) is 0 Å². The zero-order valence-electron chi connectivity index (χ0n) is 15.0. The van der Waals surface area contributed by atoms with Gasteiger partial charge in [-0.05, 0) is 58.6 Å². The highest BCUT2D eigenvalue weighted by Crippen LogP contribution is 2.19. The lowest BCUT2D eigenvalue weighted by atomic mass is 9.98. The maximum atomic E-state index is 12.2. The molecule has 2 heterocycles. The maximum absolute atomic E-state index is 12.2. The summed E-state index contributed by atoms with van der Waals surface area (Å²) in [6.07, 6.45) is 3.22. The Morgan fingerprint density at radius 3 is 2.75 bits per heavy atom. The molecule has 0 spiro atoms. The smallest absolute Gasteiger partial charge is 0.410 e. The average molecular weight is 333 g/mol. The highest BCUT2D eigenvalue weighted by atomic mass is 16.6. The Morgan fingerprint density at radius 1 is 1.38 bits per heavy atom. The fourth-order valence-electron chi connectivity index (χ4n) is 2.67. The van der Waals surface area contributed by atoms with Crippen molar-refractivity contribution in [2.75, 3.05) is 19.6 Å². The average Bonchev–Trinajstić information content (AvgIpc) is 2.52. The van der Waals surface area contributed by atoms with Crippen LogP contribution in [-0.4, -0.2) is 47.1 Å². The molecule has 1 unspecified atom stereocenters. The van der Waals surface area contributed by atoms with Crippen molar-refractivity contribution in [3.8, 4) is 0 Å². The molecule has 0 bridgehead atoms. The van der Waals surface area contributed by atoms with Gasteiger partial charge in [0.15, 0.2) is 0 Å². The maximum Gasteiger partial charge on any atom is 0.410 e. The van der Waals surface area contributed by atoms with Crippen LogP contribution in [0.2, 0.25) is 0 Å². The van der Waals surface area contributed by atoms with E-state index in [0.29, 0.717) is 25.2 Å². The number of carbonyl (C=O) groups is 2. The third kappa shape index (κ3) is 5.51. The number of hydrogen-bond acceptors (Lipinski definition) is 4. The van der Waals surface area contributed by atoms with Crippen molar-refractivity contribution < 1.29 is 14.3 Å². The second-order valence-corrected chi connectivity index (χ2v) is 7.33. The summed E-state index contributed by atoms with van der Waals surface area (Å²) in [4.78, 5) is 30.2. The summed E-state index contributed by atoms with van der Waals surface area (Å²) < 4.78 is 5.42. The monoisotopic (exact) mass is 333 g/mol. The van der Waals surface area contributed by atoms with Crippen LogP contribution in [0.1, 0.15) is 49.7 Å². The van der Waals surface area contributed by atoms with Gasteiger partial charge in [0.05, 0.1) is 5.56 Å². The molecule has 0 radical (unpaired) electrons. The first-order valence-corrected chi connectivity index (χ1v) is 8.43. The predicted molar refractivity (Wildman–Crippen MR) is 91.8 cm³/mol. The van der Waals surface area contributed by atoms with E-state index in [1.54, 1.807) is 17.2 Å². The molecule has 2 amide bonds. The highest BCUT2D eigenvalue weighted by molar-refractivity contribution is 5.93. The van der Waals surface area contributed by atoms with E-state index in [1.165, 1.54) is 0 Å². The lowest BCUT2D eigenvalue weighted by molar-refractivity contribution is 0.0167. The normalized spacial score (nSPS) is 18.2. The molecule has 2 rings (SSSR count). The minimum Gasteiger partial charge on any atom is -0.444 e. The summed E-state index contributed by atoms with van der Waals surface area (Å²) in [6, 6.07) is 3.59. The van der Waals surface area contributed by atoms with Crippen LogP contribution in [0, 0.1) is 12.8 Å². The lowest BCUT2D eigenvalue weighted by Gasteiger charge is -2.34. The molecule has 0 aromatic carbocycles. The first kappa shape index (κ1) is 18.2. The van der Waals surface area contributed by atoms with Crippen LogP contribution in [0.25, 0.3) is 0 Å². The molecular formula is C18H27N3O3. The Kier molecular flexibility index (Phi) is 5.80. The van der Waals surface area contributed by atoms with Gasteiger partial charge in [-0.15, -0.1) is 0 Å². The third-order valence-corrected chi connectivity index (χ3v) is 3.90. The molecule has 0 saturated carbocycles. The molecule has 1 aromatic heterocycles. The van der Waals surface area contributed by atoms with E-state index < -0.39 is 5.60 Å². The first-order chi connectivity index (χ1) is 11.2. The Bertz CT molecular complexity index is 578. The largest absolute Gasteiger partial charge is 0.444 e. The lowest BCUT2D eigenvalue weighted by Crippen LogP contribution is -2.45. The van der Waals surface area contributed by atoms with Crippen molar-refractivity contribution in [3.63, 3.8) is 0 Å². The van der Waals surface area contributed by atoms with Crippen LogP contribution < -0.4 is 5.32 Å². The Hall–Kier alpha value is -2.11. The summed E-state index contributed by atoms with van der Waals surface area (Å²) >= 11 is 0. The summed E-state index contributed by atoms with van der Waals surface area (Å²) in [6.45, 7) is 9.34. The summed E-state index contributed by atoms with van der Waals surface area (Å²) in [5, 5.41) is 2.94. The molecule has 1 fully saturated rings. The van der Waals surface area contributed by atoms with E-state index >= 15 is 0 Å². The van der Waals surface area contributed by atoms with Crippen LogP contribution >= 0.6 is 0 Å². The van der Waals surface area contributed by atoms with Gasteiger partial charge in [0.1, 0.15) is 5.60 Å². The molecular weight excluding hydrogens is 306 g/mol. The van der Waals surface area contributed by atoms with Crippen molar-refractivity contribution in [2.24, 2.45) is 5.92 Å². The van der Waals surface area contributed by atoms with E-state index in [1.807, 2.05) is 33.8 Å². The molecule has 1 atom stereocenters. The Labute approximate surface area is 143 Å². The van der Waals surface area contributed by atoms with E-state index in [0.717, 1.165) is 18.5 Å². The molecule has 1 aromatic rings. The van der Waals surface area contributed by atoms with Crippen molar-refractivity contribution in [3.05, 3.63) is 29.6 Å². The minimum absolute atomic E-state index is 0.128. The third-order valence-electron chi connectivity index (χ3n) is 3.90. The number of likely N-dealkylation sites (tertiary alicyclic amines) is 1. The number of nitrogens with zero attached hydrogens (tertiary/aromatic N) is 2. The number of ether oxygens (including phenoxy) is 1. The molecule has 132 valence electrons. The summed E-state index contributed by atoms with van der Waals surface area (Å²) in [5.41, 5.74) is 0.948. The number of rotatable bonds is 3. The SMILES string of the molecule is Cc1ccc(C(=O)NCC2CCCN(C(=O)OC(C)(C)C)C2)cn1. The zero-order chi connectivity index (χ0) is 17.7. The zero-order valence-corrected chi connectivity index (χ0v) is 15.0. The van der Waals surface area contributed by atoms with Crippen molar-refractivity contribution >= 4 is 12.0 Å². The highest BCUT2D eigenvalue weighted by Gasteiger charge is 2.27. The van der Waals surface area contributed by atoms with Crippen LogP contribution in [0.3, 0.4) is 0 Å². The number of aryl methyl sites for hydroxylation is 1. The van der Waals surface area contributed by atoms with Crippen LogP contribution in [0.4, 0.5) is 4.79 Å². The molecule has 1 saturated heterocycles. The van der Waals surface area contributed by atoms with Gasteiger partial charge in [-0.2, -0.15) is 0 Å². The van der Waals surface area contributed by atoms with Crippen LogP contribution in [0.5, 0.6) is 0 Å². The van der Waals surface area contributed by atoms with Gasteiger partial charge in [0, 0.05) is 31.5 Å². The van der Waals surface area contributed by atoms with Gasteiger partial charge >= 0.3 is 6.09 Å². The molecule has 1 aliphatic heterocycles. The minimum atomic E-state index is -0.489. The number of aromatic nitrogens is 1. The topological polar surface area (TPSA) is 71.5 Å². The second kappa shape index (κ2) is 7.64. The Balaban J connectivity index is 1.83. The number of amides is 2. The molecule has 1 aliphatic rings. The molecule has 24 heavy (non-hydrogen) atoms. The molecule has 6 heteroatoms. The van der Waals surface area contributed by atoms with Crippen LogP contribution in [-0.2, 0) is 4.74 Å². The number of carbonyl (C=O) groups excluding carboxylic acids is 2. The number of hydrogen-bond donors (Lipinski definition) is 1. The quantitative estimate of drug-likeness (QED) is 0.923. The molecule has 0 aliphatic carbocycles. The second-order valence-electron chi connectivity index (χ2n) is 7.33. The van der Waals surface area contributed by atoms with Crippen molar-refractivity contribution in [1.29, 1.82) is 0 Å². The van der Waals surface area contributed by atoms with Gasteiger partial charge in [0.25, 0.3) is 5.91 Å². The molecule has 1 N–H and O–H groups in total. The van der Waals surface area contributed by atoms with Crippen molar-refractivity contribution in [1.82, 2.24) is 15.2 Å². The fraction of sp³-hybridized carbons (Fsp3) is 0.611. The van der Waals surface area contributed by atoms with E-state index in [9.17, 15) is 9.59 Å².